The van der Waals surface area contributed by atoms with Crippen LogP contribution in [0.15, 0.2) is 0 Å². The molecule has 0 N–H and O–H groups in total. The Labute approximate surface area is 93.9 Å². The molecule has 0 aromatic rings. The number of rotatable bonds is 0. The molecule has 0 atom stereocenters. The quantitative estimate of drug-likeness (QED) is 0.313. The summed E-state index contributed by atoms with van der Waals surface area (Å²) in [5.41, 5.74) is 0. The molecule has 0 rings (SSSR count). The fourth-order valence-electron chi connectivity index (χ4n) is 0. The van der Waals surface area contributed by atoms with Crippen molar-refractivity contribution < 1.29 is 60.4 Å². The summed E-state index contributed by atoms with van der Waals surface area (Å²) in [5.74, 6) is 0. The molecule has 0 amide bonds. The molecule has 0 bridgehead atoms. The summed E-state index contributed by atoms with van der Waals surface area (Å²) in [6.45, 7) is 0. The van der Waals surface area contributed by atoms with Gasteiger partial charge in [-0.25, -0.2) is 0 Å². The summed E-state index contributed by atoms with van der Waals surface area (Å²) < 4.78 is 0. The molecule has 0 aliphatic rings. The fourth-order valence-corrected chi connectivity index (χ4v) is 0. The Hall–Kier alpha value is 2.62. The van der Waals surface area contributed by atoms with Crippen LogP contribution in [0.1, 0.15) is 4.28 Å². The first kappa shape index (κ1) is 30.4. The Morgan fingerprint density at radius 3 is 1.25 bits per heavy atom. The summed E-state index contributed by atoms with van der Waals surface area (Å²) in [6.07, 6.45) is 0. The molecule has 0 aromatic carbocycles. The molecule has 4 heteroatoms. The average molecular weight is 123 g/mol. The summed E-state index contributed by atoms with van der Waals surface area (Å²) in [7, 11) is 0. The van der Waals surface area contributed by atoms with Crippen LogP contribution in [0.4, 0.5) is 4.70 Å². The molecule has 0 aliphatic carbocycles. The molecule has 0 aromatic heterocycles. The Morgan fingerprint density at radius 1 is 1.25 bits per heavy atom. The van der Waals surface area contributed by atoms with Crippen LogP contribution in [0.3, 0.4) is 0 Å². The normalized spacial score (nSPS) is 0. The van der Waals surface area contributed by atoms with Crippen molar-refractivity contribution >= 4 is 35.5 Å². The minimum Gasteiger partial charge on any atom is -1.00 e. The SMILES string of the molecule is Cl.F.[H-].[H-].[H-].[K+].[Mg+2]. The molecule has 0 radical (unpaired) electrons. The minimum absolute atomic E-state index is 0. The number of halogens is 2. The zero-order valence-corrected chi connectivity index (χ0v) is 7.88. The van der Waals surface area contributed by atoms with Crippen molar-refractivity contribution in [3.8, 4) is 0 Å². The molecule has 0 aliphatic heterocycles. The van der Waals surface area contributed by atoms with E-state index in [0.29, 0.717) is 0 Å². The maximum Gasteiger partial charge on any atom is 2.00 e. The molecule has 22 valence electrons. The van der Waals surface area contributed by atoms with Gasteiger partial charge in [0.25, 0.3) is 0 Å². The van der Waals surface area contributed by atoms with Crippen LogP contribution in [0.2, 0.25) is 0 Å². The van der Waals surface area contributed by atoms with Gasteiger partial charge in [0.2, 0.25) is 0 Å². The molecule has 0 unspecified atom stereocenters. The Kier molecular flexibility index (Phi) is 133. The van der Waals surface area contributed by atoms with Crippen LogP contribution in [0, 0.1) is 0 Å². The second-order valence-electron chi connectivity index (χ2n) is 0. The Bertz CT molecular complexity index is 14.9. The van der Waals surface area contributed by atoms with Crippen molar-refractivity contribution in [3.05, 3.63) is 0 Å². The number of hydrogen-bond donors (Lipinski definition) is 0. The van der Waals surface area contributed by atoms with Crippen LogP contribution < -0.4 is 51.4 Å². The molecular formula is H5ClFKMg. The summed E-state index contributed by atoms with van der Waals surface area (Å²) in [4.78, 5) is 0. The topological polar surface area (TPSA) is 0 Å². The van der Waals surface area contributed by atoms with Crippen molar-refractivity contribution in [1.29, 1.82) is 0 Å². The minimum atomic E-state index is 0. The van der Waals surface area contributed by atoms with Crippen molar-refractivity contribution in [2.45, 2.75) is 0 Å². The van der Waals surface area contributed by atoms with Gasteiger partial charge in [0.1, 0.15) is 0 Å². The fraction of sp³-hybridized carbons (Fsp3) is 0. The third kappa shape index (κ3) is 8.82. The van der Waals surface area contributed by atoms with Gasteiger partial charge in [-0.2, -0.15) is 0 Å². The second kappa shape index (κ2) is 17.5. The molecule has 4 heavy (non-hydrogen) atoms. The van der Waals surface area contributed by atoms with E-state index in [1.54, 1.807) is 0 Å². The predicted molar refractivity (Wildman–Crippen MR) is 18.8 cm³/mol. The van der Waals surface area contributed by atoms with Crippen LogP contribution in [-0.4, -0.2) is 23.1 Å². The zero-order chi connectivity index (χ0) is 0. The van der Waals surface area contributed by atoms with Crippen LogP contribution in [-0.2, 0) is 0 Å². The van der Waals surface area contributed by atoms with Crippen LogP contribution in [0.5, 0.6) is 0 Å². The van der Waals surface area contributed by atoms with Gasteiger partial charge in [-0.15, -0.1) is 12.4 Å². The van der Waals surface area contributed by atoms with Gasteiger partial charge < -0.3 is 4.28 Å². The van der Waals surface area contributed by atoms with E-state index in [1.807, 2.05) is 0 Å². The molecular weight excluding hydrogens is 118 g/mol. The monoisotopic (exact) mass is 122 g/mol. The van der Waals surface area contributed by atoms with E-state index in [9.17, 15) is 0 Å². The van der Waals surface area contributed by atoms with E-state index in [2.05, 4.69) is 0 Å². The standard InChI is InChI=1S/ClH.FH.K.Mg.3H/h2*1H;;;;;/q;;+1;+2;3*-1. The third-order valence-corrected chi connectivity index (χ3v) is 0. The molecule has 0 spiro atoms. The van der Waals surface area contributed by atoms with Crippen molar-refractivity contribution in [2.24, 2.45) is 0 Å². The number of hydrogen-bond acceptors (Lipinski definition) is 0. The van der Waals surface area contributed by atoms with Gasteiger partial charge in [0, 0.05) is 0 Å². The van der Waals surface area contributed by atoms with Crippen LogP contribution in [0.25, 0.3) is 0 Å². The average Bonchev–Trinajstić information content (AvgIpc) is 0. The van der Waals surface area contributed by atoms with Crippen LogP contribution >= 0.6 is 12.4 Å². The molecule has 0 saturated carbocycles. The molecule has 0 fully saturated rings. The van der Waals surface area contributed by atoms with Crippen molar-refractivity contribution in [3.63, 3.8) is 0 Å². The third-order valence-electron chi connectivity index (χ3n) is 0. The Morgan fingerprint density at radius 2 is 1.25 bits per heavy atom. The first-order valence-corrected chi connectivity index (χ1v) is 0. The summed E-state index contributed by atoms with van der Waals surface area (Å²) in [6, 6.07) is 0. The van der Waals surface area contributed by atoms with Gasteiger partial charge in [0.05, 0.1) is 0 Å². The van der Waals surface area contributed by atoms with E-state index in [4.69, 9.17) is 0 Å². The smallest absolute Gasteiger partial charge is 1.00 e. The maximum atomic E-state index is 0. The van der Waals surface area contributed by atoms with E-state index >= 15 is 0 Å². The van der Waals surface area contributed by atoms with E-state index < -0.39 is 0 Å². The predicted octanol–water partition coefficient (Wildman–Crippen LogP) is -2.46. The van der Waals surface area contributed by atoms with Gasteiger partial charge in [-0.05, 0) is 0 Å². The first-order chi connectivity index (χ1) is 0. The maximum absolute atomic E-state index is 0. The van der Waals surface area contributed by atoms with Gasteiger partial charge in [0.15, 0.2) is 0 Å². The van der Waals surface area contributed by atoms with E-state index in [0.717, 1.165) is 0 Å². The first-order valence-electron chi connectivity index (χ1n) is 0. The molecule has 0 nitrogen and oxygen atoms in total. The largest absolute Gasteiger partial charge is 2.00 e. The molecule has 0 heterocycles. The van der Waals surface area contributed by atoms with Crippen molar-refractivity contribution in [1.82, 2.24) is 0 Å². The van der Waals surface area contributed by atoms with Gasteiger partial charge in [-0.3, -0.25) is 4.70 Å². The summed E-state index contributed by atoms with van der Waals surface area (Å²) in [5, 5.41) is 0. The second-order valence-corrected chi connectivity index (χ2v) is 0. The zero-order valence-electron chi connectivity index (χ0n) is 5.52. The summed E-state index contributed by atoms with van der Waals surface area (Å²) >= 11 is 0. The van der Waals surface area contributed by atoms with E-state index in [-0.39, 0.29) is 95.8 Å². The van der Waals surface area contributed by atoms with E-state index in [1.165, 1.54) is 0 Å². The van der Waals surface area contributed by atoms with Gasteiger partial charge >= 0.3 is 74.4 Å². The Balaban J connectivity index is 0. The van der Waals surface area contributed by atoms with Gasteiger partial charge in [-0.1, -0.05) is 0 Å². The molecule has 0 saturated heterocycles. The van der Waals surface area contributed by atoms with Crippen molar-refractivity contribution in [2.75, 3.05) is 0 Å².